The van der Waals surface area contributed by atoms with Crippen molar-refractivity contribution >= 4 is 73.4 Å². The summed E-state index contributed by atoms with van der Waals surface area (Å²) in [5, 5.41) is 28.3. The minimum absolute atomic E-state index is 0. The first-order chi connectivity index (χ1) is 45.7. The van der Waals surface area contributed by atoms with Crippen molar-refractivity contribution in [1.82, 2.24) is 50.7 Å². The number of ether oxygens (including phenoxy) is 6. The molecule has 1 amide bonds. The zero-order chi connectivity index (χ0) is 63.3. The molecule has 3 aromatic carbocycles. The van der Waals surface area contributed by atoms with E-state index in [-0.39, 0.29) is 37.7 Å². The van der Waals surface area contributed by atoms with Gasteiger partial charge in [-0.2, -0.15) is 0 Å². The predicted molar refractivity (Wildman–Crippen MR) is 358 cm³/mol. The van der Waals surface area contributed by atoms with Gasteiger partial charge in [-0.25, -0.2) is 29.9 Å². The quantitative estimate of drug-likeness (QED) is 0.0699. The van der Waals surface area contributed by atoms with E-state index in [0.29, 0.717) is 29.7 Å². The van der Waals surface area contributed by atoms with E-state index in [4.69, 9.17) is 42.0 Å². The van der Waals surface area contributed by atoms with Crippen LogP contribution in [0.2, 0.25) is 0 Å². The Hall–Kier alpha value is -9.14. The number of carbonyl (C=O) groups excluding carboxylic acids is 1. The predicted octanol–water partition coefficient (Wildman–Crippen LogP) is 10.4. The van der Waals surface area contributed by atoms with Crippen LogP contribution in [0.4, 0.5) is 34.8 Å². The highest BCUT2D eigenvalue weighted by molar-refractivity contribution is 5.92. The Bertz CT molecular complexity index is 3720. The second-order valence-electron chi connectivity index (χ2n) is 24.4. The van der Waals surface area contributed by atoms with Crippen molar-refractivity contribution in [3.05, 3.63) is 109 Å². The van der Waals surface area contributed by atoms with Gasteiger partial charge < -0.3 is 78.0 Å². The molecule has 26 nitrogen and oxygen atoms in total. The first kappa shape index (κ1) is 64.9. The molecule has 498 valence electrons. The van der Waals surface area contributed by atoms with E-state index in [1.807, 2.05) is 26.0 Å². The Balaban J connectivity index is 0.000000135. The number of carbonyl (C=O) groups is 1. The largest absolute Gasteiger partial charge is 0.488 e. The number of aromatic nitrogens is 9. The molecule has 6 aromatic heterocycles. The monoisotopic (exact) mass is 1290 g/mol. The van der Waals surface area contributed by atoms with Gasteiger partial charge in [0.05, 0.1) is 58.0 Å². The summed E-state index contributed by atoms with van der Waals surface area (Å²) >= 11 is 0. The summed E-state index contributed by atoms with van der Waals surface area (Å²) in [6.45, 7) is 13.6. The number of anilines is 6. The Morgan fingerprint density at radius 1 is 0.468 bits per heavy atom. The van der Waals surface area contributed by atoms with Crippen LogP contribution in [0.3, 0.4) is 0 Å². The number of hydrogen-bond acceptors (Lipinski definition) is 25. The summed E-state index contributed by atoms with van der Waals surface area (Å²) in [6.07, 6.45) is 22.4. The lowest BCUT2D eigenvalue weighted by molar-refractivity contribution is 0.0958. The number of hydrogen-bond donors (Lipinski definition) is 4. The molecule has 9 heterocycles. The Labute approximate surface area is 546 Å². The summed E-state index contributed by atoms with van der Waals surface area (Å²) in [5.41, 5.74) is 7.04. The van der Waals surface area contributed by atoms with Crippen LogP contribution in [0.25, 0.3) is 32.7 Å². The van der Waals surface area contributed by atoms with Gasteiger partial charge in [-0.1, -0.05) is 22.9 Å². The van der Waals surface area contributed by atoms with Crippen molar-refractivity contribution in [3.63, 3.8) is 0 Å². The van der Waals surface area contributed by atoms with Crippen molar-refractivity contribution in [1.29, 1.82) is 0 Å². The van der Waals surface area contributed by atoms with Crippen molar-refractivity contribution in [2.24, 2.45) is 0 Å². The lowest BCUT2D eigenvalue weighted by Crippen LogP contribution is -2.36. The summed E-state index contributed by atoms with van der Waals surface area (Å²) in [6, 6.07) is 19.0. The topological polar surface area (TPSA) is 286 Å². The fraction of sp³-hybridized carbons (Fsp3) is 0.500. The fourth-order valence-electron chi connectivity index (χ4n) is 12.9. The SMILES string of the molecule is C.CNC(=O)c1ccnc(NC2CCC(Oc3cc(N4CCOCC4)cc4conc34)CC2)n1.Cc1ccnc(NC2CCC(Oc3cc(N4CCOCC4)cc4conc34)CC2)n1.Cc1nccc(NC2CCC(Oc3cc(N4CCOCC4)cc4conc34)CC2)n1. The zero-order valence-corrected chi connectivity index (χ0v) is 53.0. The van der Waals surface area contributed by atoms with Gasteiger partial charge in [-0.05, 0) is 127 Å². The maximum atomic E-state index is 11.8. The van der Waals surface area contributed by atoms with Crippen LogP contribution in [0.15, 0.2) is 106 Å². The minimum atomic E-state index is -0.226. The van der Waals surface area contributed by atoms with Gasteiger partial charge in [-0.15, -0.1) is 0 Å². The van der Waals surface area contributed by atoms with Crippen LogP contribution in [0, 0.1) is 13.8 Å². The second kappa shape index (κ2) is 31.2. The van der Waals surface area contributed by atoms with E-state index in [1.165, 1.54) is 0 Å². The van der Waals surface area contributed by atoms with Gasteiger partial charge in [0.2, 0.25) is 11.9 Å². The van der Waals surface area contributed by atoms with Crippen LogP contribution in [0.1, 0.15) is 106 Å². The molecule has 6 fully saturated rings. The Kier molecular flexibility index (Phi) is 21.6. The highest BCUT2D eigenvalue weighted by Gasteiger charge is 2.29. The molecule has 6 aliphatic rings. The molecule has 3 aliphatic carbocycles. The molecule has 0 radical (unpaired) electrons. The van der Waals surface area contributed by atoms with Gasteiger partial charge >= 0.3 is 0 Å². The van der Waals surface area contributed by atoms with E-state index in [9.17, 15) is 4.79 Å². The first-order valence-corrected chi connectivity index (χ1v) is 32.7. The molecular formula is C68H86N16O10. The molecule has 0 unspecified atom stereocenters. The number of fused-ring (bicyclic) bond motifs is 3. The molecule has 3 saturated carbocycles. The fourth-order valence-corrected chi connectivity index (χ4v) is 12.9. The maximum Gasteiger partial charge on any atom is 0.269 e. The lowest BCUT2D eigenvalue weighted by Gasteiger charge is -2.31. The third kappa shape index (κ3) is 16.6. The van der Waals surface area contributed by atoms with Crippen LogP contribution < -0.4 is 50.2 Å². The molecule has 0 atom stereocenters. The molecule has 15 rings (SSSR count). The molecule has 3 aliphatic heterocycles. The van der Waals surface area contributed by atoms with E-state index in [0.717, 1.165) is 240 Å². The van der Waals surface area contributed by atoms with Gasteiger partial charge in [0.25, 0.3) is 5.91 Å². The van der Waals surface area contributed by atoms with Gasteiger partial charge in [0, 0.05) is 140 Å². The average Bonchev–Trinajstić information content (AvgIpc) is 1.61. The Morgan fingerprint density at radius 3 is 1.24 bits per heavy atom. The normalized spacial score (nSPS) is 21.6. The molecule has 0 bridgehead atoms. The highest BCUT2D eigenvalue weighted by atomic mass is 16.5. The smallest absolute Gasteiger partial charge is 0.269 e. The molecule has 9 aromatic rings. The third-order valence-electron chi connectivity index (χ3n) is 18.0. The van der Waals surface area contributed by atoms with Crippen LogP contribution in [-0.4, -0.2) is 174 Å². The van der Waals surface area contributed by atoms with E-state index in [1.54, 1.807) is 50.5 Å². The number of nitrogens with zero attached hydrogens (tertiary/aromatic N) is 12. The molecule has 3 saturated heterocycles. The number of amides is 1. The molecular weight excluding hydrogens is 1200 g/mol. The third-order valence-corrected chi connectivity index (χ3v) is 18.0. The van der Waals surface area contributed by atoms with Crippen molar-refractivity contribution in [3.8, 4) is 17.2 Å². The van der Waals surface area contributed by atoms with E-state index < -0.39 is 0 Å². The van der Waals surface area contributed by atoms with Crippen molar-refractivity contribution in [2.45, 2.75) is 135 Å². The summed E-state index contributed by atoms with van der Waals surface area (Å²) in [5.74, 6) is 5.02. The van der Waals surface area contributed by atoms with E-state index >= 15 is 0 Å². The summed E-state index contributed by atoms with van der Waals surface area (Å²) in [7, 11) is 1.59. The number of morpholine rings is 3. The van der Waals surface area contributed by atoms with Crippen molar-refractivity contribution in [2.75, 3.05) is 117 Å². The molecule has 26 heteroatoms. The molecule has 94 heavy (non-hydrogen) atoms. The highest BCUT2D eigenvalue weighted by Crippen LogP contribution is 2.38. The number of rotatable bonds is 16. The average molecular weight is 1290 g/mol. The van der Waals surface area contributed by atoms with E-state index in [2.05, 4.69) is 118 Å². The Morgan fingerprint density at radius 2 is 0.851 bits per heavy atom. The van der Waals surface area contributed by atoms with Crippen molar-refractivity contribution < 1.29 is 46.8 Å². The van der Waals surface area contributed by atoms with Crippen LogP contribution >= 0.6 is 0 Å². The standard InChI is InChI=1S/C23H28N6O4.2C22H27N5O3.CH4/c1-24-22(30)19-6-7-25-23(27-19)26-16-2-4-18(5-3-16)33-20-13-17(29-8-10-31-11-9-29)12-15-14-32-28-21(15)20;1-15-23-7-6-21(24-15)25-17-2-4-19(5-3-17)30-20-13-18(27-8-10-28-11-9-27)12-16-14-29-26-22(16)20;1-15-6-7-23-22(24-15)25-17-2-4-19(5-3-17)30-20-13-18(27-8-10-28-11-9-27)12-16-14-29-26-21(16)20;/h6-7,12-14,16,18H,2-5,8-11H2,1H3,(H,24,30)(H,25,26,27);2*6-7,12-14,17,19H,2-5,8-11H2,1H3,(H,23,24,25);1H4. The minimum Gasteiger partial charge on any atom is -0.488 e. The maximum absolute atomic E-state index is 11.8. The molecule has 4 N–H and O–H groups in total. The van der Waals surface area contributed by atoms with Crippen LogP contribution in [0.5, 0.6) is 17.2 Å². The summed E-state index contributed by atoms with van der Waals surface area (Å²) < 4.78 is 51.5. The number of aryl methyl sites for hydroxylation is 2. The van der Waals surface area contributed by atoms with Gasteiger partial charge in [-0.3, -0.25) is 4.79 Å². The second-order valence-corrected chi connectivity index (χ2v) is 24.4. The van der Waals surface area contributed by atoms with Crippen LogP contribution in [-0.2, 0) is 14.2 Å². The number of nitrogens with one attached hydrogen (secondary N) is 4. The number of benzene rings is 3. The lowest BCUT2D eigenvalue weighted by atomic mass is 9.93. The first-order valence-electron chi connectivity index (χ1n) is 32.7. The zero-order valence-electron chi connectivity index (χ0n) is 53.0. The van der Waals surface area contributed by atoms with Gasteiger partial charge in [0.1, 0.15) is 36.1 Å². The van der Waals surface area contributed by atoms with Gasteiger partial charge in [0.15, 0.2) is 33.8 Å². The molecule has 0 spiro atoms. The summed E-state index contributed by atoms with van der Waals surface area (Å²) in [4.78, 5) is 44.7.